The third kappa shape index (κ3) is 4.18. The van der Waals surface area contributed by atoms with Gasteiger partial charge >= 0.3 is 0 Å². The molecule has 0 amide bonds. The quantitative estimate of drug-likeness (QED) is 0.354. The molecule has 8 heteroatoms. The standard InChI is InChI=1S/C28H23N5O3/c1-18-14-24(31-33(18)22-6-4-7-23(15-22)35-3)26-19(2)30-27-25(8-5-13-32(27)28(26)34)36-17-21-11-9-20(16-29)10-12-21/h4-15H,17H2,1-3H3. The maximum Gasteiger partial charge on any atom is 0.267 e. The third-order valence-corrected chi connectivity index (χ3v) is 5.92. The highest BCUT2D eigenvalue weighted by molar-refractivity contribution is 5.66. The minimum Gasteiger partial charge on any atom is -0.497 e. The molecule has 5 aromatic rings. The molecule has 0 aliphatic carbocycles. The van der Waals surface area contributed by atoms with Crippen molar-refractivity contribution in [3.63, 3.8) is 0 Å². The average molecular weight is 478 g/mol. The second-order valence-corrected chi connectivity index (χ2v) is 8.33. The van der Waals surface area contributed by atoms with E-state index in [4.69, 9.17) is 24.8 Å². The lowest BCUT2D eigenvalue weighted by atomic mass is 10.1. The number of methoxy groups -OCH3 is 1. The Hall–Kier alpha value is -4.90. The van der Waals surface area contributed by atoms with Gasteiger partial charge in [-0.15, -0.1) is 0 Å². The number of benzene rings is 2. The molecule has 36 heavy (non-hydrogen) atoms. The van der Waals surface area contributed by atoms with Gasteiger partial charge in [0.05, 0.1) is 35.7 Å². The summed E-state index contributed by atoms with van der Waals surface area (Å²) >= 11 is 0. The van der Waals surface area contributed by atoms with Crippen LogP contribution in [0.3, 0.4) is 0 Å². The van der Waals surface area contributed by atoms with Crippen molar-refractivity contribution >= 4 is 5.65 Å². The van der Waals surface area contributed by atoms with Crippen LogP contribution < -0.4 is 15.0 Å². The zero-order valence-electron chi connectivity index (χ0n) is 20.1. The highest BCUT2D eigenvalue weighted by Crippen LogP contribution is 2.25. The van der Waals surface area contributed by atoms with E-state index in [1.54, 1.807) is 49.2 Å². The van der Waals surface area contributed by atoms with Crippen LogP contribution in [0.25, 0.3) is 22.6 Å². The SMILES string of the molecule is COc1cccc(-n2nc(-c3c(C)nc4c(OCc5ccc(C#N)cc5)cccn4c3=O)cc2C)c1. The summed E-state index contributed by atoms with van der Waals surface area (Å²) < 4.78 is 14.6. The van der Waals surface area contributed by atoms with E-state index < -0.39 is 0 Å². The van der Waals surface area contributed by atoms with Crippen LogP contribution in [0.4, 0.5) is 0 Å². The molecule has 5 rings (SSSR count). The zero-order chi connectivity index (χ0) is 25.2. The summed E-state index contributed by atoms with van der Waals surface area (Å²) in [6, 6.07) is 22.3. The van der Waals surface area contributed by atoms with Crippen LogP contribution in [-0.4, -0.2) is 26.3 Å². The van der Waals surface area contributed by atoms with Crippen molar-refractivity contribution in [1.82, 2.24) is 19.2 Å². The largest absolute Gasteiger partial charge is 0.497 e. The molecule has 8 nitrogen and oxygen atoms in total. The van der Waals surface area contributed by atoms with Gasteiger partial charge in [0.1, 0.15) is 18.1 Å². The monoisotopic (exact) mass is 477 g/mol. The zero-order valence-corrected chi connectivity index (χ0v) is 20.1. The maximum atomic E-state index is 13.6. The predicted octanol–water partition coefficient (Wildman–Crippen LogP) is 4.62. The van der Waals surface area contributed by atoms with E-state index in [2.05, 4.69) is 6.07 Å². The van der Waals surface area contributed by atoms with Crippen LogP contribution in [-0.2, 0) is 6.61 Å². The van der Waals surface area contributed by atoms with Crippen molar-refractivity contribution in [3.8, 4) is 34.5 Å². The first-order valence-corrected chi connectivity index (χ1v) is 11.3. The molecule has 0 spiro atoms. The smallest absolute Gasteiger partial charge is 0.267 e. The minimum absolute atomic E-state index is 0.225. The first-order valence-electron chi connectivity index (χ1n) is 11.3. The fraction of sp³-hybridized carbons (Fsp3) is 0.143. The molecular weight excluding hydrogens is 454 g/mol. The lowest BCUT2D eigenvalue weighted by molar-refractivity contribution is 0.308. The van der Waals surface area contributed by atoms with E-state index in [1.165, 1.54) is 4.40 Å². The van der Waals surface area contributed by atoms with Gasteiger partial charge in [0.15, 0.2) is 11.4 Å². The van der Waals surface area contributed by atoms with E-state index in [0.29, 0.717) is 33.9 Å². The normalized spacial score (nSPS) is 10.8. The lowest BCUT2D eigenvalue weighted by Crippen LogP contribution is -2.19. The van der Waals surface area contributed by atoms with Gasteiger partial charge in [-0.3, -0.25) is 9.20 Å². The molecule has 3 aromatic heterocycles. The number of nitrogens with zero attached hydrogens (tertiary/aromatic N) is 5. The first-order chi connectivity index (χ1) is 17.5. The summed E-state index contributed by atoms with van der Waals surface area (Å²) in [4.78, 5) is 18.3. The van der Waals surface area contributed by atoms with Crippen molar-refractivity contribution in [2.45, 2.75) is 20.5 Å². The number of pyridine rings is 1. The van der Waals surface area contributed by atoms with Gasteiger partial charge in [-0.25, -0.2) is 9.67 Å². The Labute approximate surface area is 207 Å². The van der Waals surface area contributed by atoms with E-state index in [-0.39, 0.29) is 12.2 Å². The van der Waals surface area contributed by atoms with Crippen LogP contribution in [0.1, 0.15) is 22.5 Å². The Kier molecular flexibility index (Phi) is 5.97. The molecule has 3 heterocycles. The van der Waals surface area contributed by atoms with Crippen LogP contribution in [0.15, 0.2) is 77.7 Å². The maximum absolute atomic E-state index is 13.6. The van der Waals surface area contributed by atoms with E-state index in [1.807, 2.05) is 49.4 Å². The molecule has 0 saturated carbocycles. The Bertz CT molecular complexity index is 1680. The summed E-state index contributed by atoms with van der Waals surface area (Å²) in [6.45, 7) is 4.02. The van der Waals surface area contributed by atoms with Gasteiger partial charge < -0.3 is 9.47 Å². The van der Waals surface area contributed by atoms with E-state index in [9.17, 15) is 4.79 Å². The first kappa shape index (κ1) is 22.9. The number of hydrogen-bond acceptors (Lipinski definition) is 6. The molecule has 0 unspecified atom stereocenters. The molecule has 0 N–H and O–H groups in total. The topological polar surface area (TPSA) is 94.4 Å². The molecular formula is C28H23N5O3. The summed E-state index contributed by atoms with van der Waals surface area (Å²) in [5.41, 5.74) is 4.95. The number of nitriles is 1. The molecule has 2 aromatic carbocycles. The number of ether oxygens (including phenoxy) is 2. The number of hydrogen-bond donors (Lipinski definition) is 0. The Morgan fingerprint density at radius 1 is 1.03 bits per heavy atom. The molecule has 0 atom stereocenters. The lowest BCUT2D eigenvalue weighted by Gasteiger charge is -2.12. The molecule has 0 aliphatic heterocycles. The van der Waals surface area contributed by atoms with Crippen molar-refractivity contribution in [2.75, 3.05) is 7.11 Å². The molecule has 0 bridgehead atoms. The fourth-order valence-electron chi connectivity index (χ4n) is 4.09. The molecule has 0 radical (unpaired) electrons. The van der Waals surface area contributed by atoms with Gasteiger partial charge in [0, 0.05) is 18.0 Å². The summed E-state index contributed by atoms with van der Waals surface area (Å²) in [5, 5.41) is 13.7. The second kappa shape index (κ2) is 9.39. The van der Waals surface area contributed by atoms with Crippen LogP contribution >= 0.6 is 0 Å². The Morgan fingerprint density at radius 2 is 1.83 bits per heavy atom. The fourth-order valence-corrected chi connectivity index (χ4v) is 4.09. The Balaban J connectivity index is 1.52. The van der Waals surface area contributed by atoms with Crippen molar-refractivity contribution < 1.29 is 9.47 Å². The second-order valence-electron chi connectivity index (χ2n) is 8.33. The highest BCUT2D eigenvalue weighted by Gasteiger charge is 2.18. The van der Waals surface area contributed by atoms with E-state index in [0.717, 1.165) is 22.7 Å². The number of aromatic nitrogens is 4. The minimum atomic E-state index is -0.225. The van der Waals surface area contributed by atoms with Crippen LogP contribution in [0.5, 0.6) is 11.5 Å². The molecule has 0 aliphatic rings. The average Bonchev–Trinajstić information content (AvgIpc) is 3.28. The third-order valence-electron chi connectivity index (χ3n) is 5.92. The molecule has 0 saturated heterocycles. The summed E-state index contributed by atoms with van der Waals surface area (Å²) in [7, 11) is 1.62. The van der Waals surface area contributed by atoms with Crippen LogP contribution in [0.2, 0.25) is 0 Å². The van der Waals surface area contributed by atoms with Crippen molar-refractivity contribution in [1.29, 1.82) is 5.26 Å². The van der Waals surface area contributed by atoms with Gasteiger partial charge in [0.2, 0.25) is 0 Å². The highest BCUT2D eigenvalue weighted by atomic mass is 16.5. The van der Waals surface area contributed by atoms with E-state index >= 15 is 0 Å². The number of aryl methyl sites for hydroxylation is 2. The van der Waals surface area contributed by atoms with Gasteiger partial charge in [-0.2, -0.15) is 10.4 Å². The predicted molar refractivity (Wildman–Crippen MR) is 136 cm³/mol. The van der Waals surface area contributed by atoms with Crippen molar-refractivity contribution in [3.05, 3.63) is 106 Å². The number of fused-ring (bicyclic) bond motifs is 1. The molecule has 178 valence electrons. The number of rotatable bonds is 6. The van der Waals surface area contributed by atoms with Gasteiger partial charge in [-0.05, 0) is 61.9 Å². The van der Waals surface area contributed by atoms with Crippen molar-refractivity contribution in [2.24, 2.45) is 0 Å². The summed E-state index contributed by atoms with van der Waals surface area (Å²) in [6.07, 6.45) is 1.67. The van der Waals surface area contributed by atoms with Gasteiger partial charge in [-0.1, -0.05) is 18.2 Å². The van der Waals surface area contributed by atoms with Gasteiger partial charge in [0.25, 0.3) is 5.56 Å². The van der Waals surface area contributed by atoms with Crippen LogP contribution in [0, 0.1) is 25.2 Å². The molecule has 0 fully saturated rings. The Morgan fingerprint density at radius 3 is 2.58 bits per heavy atom. The summed E-state index contributed by atoms with van der Waals surface area (Å²) in [5.74, 6) is 1.22.